The van der Waals surface area contributed by atoms with Crippen LogP contribution in [0.25, 0.3) is 0 Å². The summed E-state index contributed by atoms with van der Waals surface area (Å²) in [6.45, 7) is 4.44. The molecule has 110 valence electrons. The molecule has 1 saturated heterocycles. The number of piperidine rings is 1. The van der Waals surface area contributed by atoms with Crippen LogP contribution < -0.4 is 5.32 Å². The van der Waals surface area contributed by atoms with E-state index in [0.29, 0.717) is 0 Å². The molecule has 2 aliphatic rings. The maximum absolute atomic E-state index is 13.2. The van der Waals surface area contributed by atoms with Gasteiger partial charge >= 0.3 is 0 Å². The van der Waals surface area contributed by atoms with Crippen LogP contribution in [0, 0.1) is 11.7 Å². The minimum Gasteiger partial charge on any atom is -0.317 e. The molecule has 0 atom stereocenters. The van der Waals surface area contributed by atoms with Crippen molar-refractivity contribution in [3.63, 3.8) is 0 Å². The number of halogens is 2. The van der Waals surface area contributed by atoms with Crippen molar-refractivity contribution in [1.29, 1.82) is 0 Å². The Hall–Kier alpha value is -0.450. The van der Waals surface area contributed by atoms with Crippen LogP contribution in [-0.2, 0) is 6.54 Å². The lowest BCUT2D eigenvalue weighted by Crippen LogP contribution is -2.37. The van der Waals surface area contributed by atoms with Crippen molar-refractivity contribution < 1.29 is 4.39 Å². The van der Waals surface area contributed by atoms with Crippen LogP contribution in [0.15, 0.2) is 22.7 Å². The number of nitrogens with zero attached hydrogens (tertiary/aromatic N) is 1. The van der Waals surface area contributed by atoms with Crippen molar-refractivity contribution in [2.24, 2.45) is 5.92 Å². The molecule has 0 aromatic heterocycles. The van der Waals surface area contributed by atoms with Crippen LogP contribution in [0.4, 0.5) is 4.39 Å². The first kappa shape index (κ1) is 14.5. The molecule has 0 unspecified atom stereocenters. The molecule has 20 heavy (non-hydrogen) atoms. The summed E-state index contributed by atoms with van der Waals surface area (Å²) in [7, 11) is 0. The number of rotatable bonds is 5. The van der Waals surface area contributed by atoms with Gasteiger partial charge in [0.2, 0.25) is 0 Å². The van der Waals surface area contributed by atoms with Gasteiger partial charge in [-0.25, -0.2) is 4.39 Å². The van der Waals surface area contributed by atoms with Gasteiger partial charge in [-0.3, -0.25) is 4.90 Å². The van der Waals surface area contributed by atoms with Crippen LogP contribution in [-0.4, -0.2) is 30.6 Å². The third kappa shape index (κ3) is 3.80. The van der Waals surface area contributed by atoms with Gasteiger partial charge in [0.05, 0.1) is 0 Å². The van der Waals surface area contributed by atoms with E-state index >= 15 is 0 Å². The second-order valence-electron chi connectivity index (χ2n) is 6.09. The first-order valence-electron chi connectivity index (χ1n) is 7.61. The molecule has 1 saturated carbocycles. The topological polar surface area (TPSA) is 15.3 Å². The fourth-order valence-electron chi connectivity index (χ4n) is 3.05. The molecular weight excluding hydrogens is 319 g/mol. The summed E-state index contributed by atoms with van der Waals surface area (Å²) < 4.78 is 14.1. The van der Waals surface area contributed by atoms with Gasteiger partial charge in [0.1, 0.15) is 5.82 Å². The van der Waals surface area contributed by atoms with Gasteiger partial charge in [-0.2, -0.15) is 0 Å². The standard InChI is InChI=1S/C16H22BrFN2/c17-16-9-14(18)2-1-13(16)11-20(15-3-4-15)10-12-5-7-19-8-6-12/h1-2,9,12,15,19H,3-8,10-11H2. The van der Waals surface area contributed by atoms with E-state index in [-0.39, 0.29) is 5.82 Å². The highest BCUT2D eigenvalue weighted by molar-refractivity contribution is 9.10. The van der Waals surface area contributed by atoms with Gasteiger partial charge in [0.25, 0.3) is 0 Å². The lowest BCUT2D eigenvalue weighted by atomic mass is 9.97. The van der Waals surface area contributed by atoms with Crippen LogP contribution in [0.1, 0.15) is 31.2 Å². The molecule has 2 fully saturated rings. The predicted molar refractivity (Wildman–Crippen MR) is 83.1 cm³/mol. The average molecular weight is 341 g/mol. The zero-order valence-corrected chi connectivity index (χ0v) is 13.3. The molecule has 1 aromatic rings. The zero-order chi connectivity index (χ0) is 13.9. The Morgan fingerprint density at radius 3 is 2.60 bits per heavy atom. The van der Waals surface area contributed by atoms with Gasteiger partial charge in [-0.1, -0.05) is 22.0 Å². The fourth-order valence-corrected chi connectivity index (χ4v) is 3.52. The summed E-state index contributed by atoms with van der Waals surface area (Å²) in [6.07, 6.45) is 5.22. The van der Waals surface area contributed by atoms with Crippen molar-refractivity contribution in [1.82, 2.24) is 10.2 Å². The number of benzene rings is 1. The summed E-state index contributed by atoms with van der Waals surface area (Å²) in [5.74, 6) is 0.646. The molecule has 4 heteroatoms. The van der Waals surface area contributed by atoms with E-state index in [0.717, 1.165) is 36.1 Å². The minimum absolute atomic E-state index is 0.169. The first-order chi connectivity index (χ1) is 9.72. The van der Waals surface area contributed by atoms with Gasteiger partial charge in [0, 0.05) is 23.6 Å². The first-order valence-corrected chi connectivity index (χ1v) is 8.40. The Morgan fingerprint density at radius 2 is 1.95 bits per heavy atom. The number of hydrogen-bond donors (Lipinski definition) is 1. The Labute approximate surface area is 128 Å². The van der Waals surface area contributed by atoms with Gasteiger partial charge in [-0.05, 0) is 62.4 Å². The van der Waals surface area contributed by atoms with Crippen molar-refractivity contribution in [3.05, 3.63) is 34.1 Å². The van der Waals surface area contributed by atoms with E-state index in [1.165, 1.54) is 37.8 Å². The predicted octanol–water partition coefficient (Wildman–Crippen LogP) is 3.55. The molecule has 1 heterocycles. The second kappa shape index (κ2) is 6.54. The molecule has 1 aliphatic heterocycles. The van der Waals surface area contributed by atoms with Crippen molar-refractivity contribution in [2.75, 3.05) is 19.6 Å². The Bertz CT molecular complexity index is 456. The van der Waals surface area contributed by atoms with E-state index in [1.807, 2.05) is 6.07 Å². The van der Waals surface area contributed by atoms with E-state index in [4.69, 9.17) is 0 Å². The average Bonchev–Trinajstić information content (AvgIpc) is 3.26. The van der Waals surface area contributed by atoms with E-state index in [2.05, 4.69) is 26.1 Å². The largest absolute Gasteiger partial charge is 0.317 e. The fraction of sp³-hybridized carbons (Fsp3) is 0.625. The van der Waals surface area contributed by atoms with E-state index < -0.39 is 0 Å². The van der Waals surface area contributed by atoms with Crippen LogP contribution in [0.5, 0.6) is 0 Å². The van der Waals surface area contributed by atoms with E-state index in [1.54, 1.807) is 12.1 Å². The summed E-state index contributed by atoms with van der Waals surface area (Å²) in [4.78, 5) is 2.61. The monoisotopic (exact) mass is 340 g/mol. The quantitative estimate of drug-likeness (QED) is 0.881. The normalized spacial score (nSPS) is 20.6. The third-order valence-corrected chi connectivity index (χ3v) is 5.14. The lowest BCUT2D eigenvalue weighted by molar-refractivity contribution is 0.190. The molecular formula is C16H22BrFN2. The summed E-state index contributed by atoms with van der Waals surface area (Å²) in [5.41, 5.74) is 1.20. The van der Waals surface area contributed by atoms with Crippen LogP contribution >= 0.6 is 15.9 Å². The molecule has 3 rings (SSSR count). The van der Waals surface area contributed by atoms with Gasteiger partial charge in [0.15, 0.2) is 0 Å². The summed E-state index contributed by atoms with van der Waals surface area (Å²) >= 11 is 3.49. The maximum atomic E-state index is 13.2. The zero-order valence-electron chi connectivity index (χ0n) is 11.7. The highest BCUT2D eigenvalue weighted by atomic mass is 79.9. The van der Waals surface area contributed by atoms with Gasteiger partial charge in [-0.15, -0.1) is 0 Å². The minimum atomic E-state index is -0.169. The SMILES string of the molecule is Fc1ccc(CN(CC2CCNCC2)C2CC2)c(Br)c1. The number of hydrogen-bond acceptors (Lipinski definition) is 2. The molecule has 1 aromatic carbocycles. The summed E-state index contributed by atoms with van der Waals surface area (Å²) in [5, 5.41) is 3.43. The van der Waals surface area contributed by atoms with Crippen molar-refractivity contribution in [3.8, 4) is 0 Å². The molecule has 0 radical (unpaired) electrons. The van der Waals surface area contributed by atoms with Gasteiger partial charge < -0.3 is 5.32 Å². The van der Waals surface area contributed by atoms with Crippen LogP contribution in [0.2, 0.25) is 0 Å². The molecule has 0 amide bonds. The molecule has 2 nitrogen and oxygen atoms in total. The summed E-state index contributed by atoms with van der Waals surface area (Å²) in [6, 6.07) is 5.81. The lowest BCUT2D eigenvalue weighted by Gasteiger charge is -2.30. The number of nitrogens with one attached hydrogen (secondary N) is 1. The molecule has 0 spiro atoms. The molecule has 0 bridgehead atoms. The van der Waals surface area contributed by atoms with Crippen LogP contribution in [0.3, 0.4) is 0 Å². The Kier molecular flexibility index (Phi) is 4.74. The third-order valence-electron chi connectivity index (χ3n) is 4.40. The van der Waals surface area contributed by atoms with Crippen molar-refractivity contribution in [2.45, 2.75) is 38.3 Å². The smallest absolute Gasteiger partial charge is 0.124 e. The highest BCUT2D eigenvalue weighted by Gasteiger charge is 2.31. The molecule has 1 N–H and O–H groups in total. The highest BCUT2D eigenvalue weighted by Crippen LogP contribution is 2.31. The Morgan fingerprint density at radius 1 is 1.20 bits per heavy atom. The maximum Gasteiger partial charge on any atom is 0.124 e. The van der Waals surface area contributed by atoms with E-state index in [9.17, 15) is 4.39 Å². The van der Waals surface area contributed by atoms with Crippen molar-refractivity contribution >= 4 is 15.9 Å². The Balaban J connectivity index is 1.64. The second-order valence-corrected chi connectivity index (χ2v) is 6.94. The molecule has 1 aliphatic carbocycles.